The molecule has 7 heteroatoms. The van der Waals surface area contributed by atoms with E-state index in [0.29, 0.717) is 23.2 Å². The predicted molar refractivity (Wildman–Crippen MR) is 132 cm³/mol. The van der Waals surface area contributed by atoms with Crippen LogP contribution in [0.15, 0.2) is 22.7 Å². The third kappa shape index (κ3) is 6.50. The Balaban J connectivity index is 1.51. The fourth-order valence-corrected chi connectivity index (χ4v) is 5.46. The van der Waals surface area contributed by atoms with Gasteiger partial charge in [0.25, 0.3) is 0 Å². The minimum atomic E-state index is -0.916. The molecule has 2 aliphatic rings. The SMILES string of the molecule is Cc1ccc(NC(=O)CC(CCC(=O)O)c2noc(C3CC(CC(C)(C)C)C3)c2C2CC2)c(F)c1. The number of aryl methyl sites for hydroxylation is 1. The second-order valence-corrected chi connectivity index (χ2v) is 11.8. The summed E-state index contributed by atoms with van der Waals surface area (Å²) in [5.74, 6) is 0.184. The van der Waals surface area contributed by atoms with Gasteiger partial charge in [0.2, 0.25) is 5.91 Å². The molecule has 2 fully saturated rings. The molecule has 0 spiro atoms. The van der Waals surface area contributed by atoms with Crippen molar-refractivity contribution in [3.05, 3.63) is 46.6 Å². The molecule has 1 aromatic heterocycles. The first-order valence-corrected chi connectivity index (χ1v) is 12.8. The van der Waals surface area contributed by atoms with Gasteiger partial charge in [0.1, 0.15) is 11.6 Å². The largest absolute Gasteiger partial charge is 0.481 e. The van der Waals surface area contributed by atoms with Crippen molar-refractivity contribution < 1.29 is 23.6 Å². The lowest BCUT2D eigenvalue weighted by Crippen LogP contribution is -2.26. The van der Waals surface area contributed by atoms with Crippen LogP contribution < -0.4 is 5.32 Å². The Kier molecular flexibility index (Phi) is 7.34. The topological polar surface area (TPSA) is 92.4 Å². The lowest BCUT2D eigenvalue weighted by molar-refractivity contribution is -0.137. The van der Waals surface area contributed by atoms with Crippen molar-refractivity contribution in [1.82, 2.24) is 5.16 Å². The molecule has 0 radical (unpaired) electrons. The molecular formula is C28H37FN2O4. The Labute approximate surface area is 206 Å². The van der Waals surface area contributed by atoms with Crippen LogP contribution >= 0.6 is 0 Å². The van der Waals surface area contributed by atoms with E-state index in [-0.39, 0.29) is 30.9 Å². The van der Waals surface area contributed by atoms with Crippen LogP contribution in [0.25, 0.3) is 0 Å². The monoisotopic (exact) mass is 484 g/mol. The normalized spacial score (nSPS) is 20.8. The van der Waals surface area contributed by atoms with Crippen molar-refractivity contribution in [3.63, 3.8) is 0 Å². The number of halogens is 1. The highest BCUT2D eigenvalue weighted by Crippen LogP contribution is 2.53. The van der Waals surface area contributed by atoms with Crippen molar-refractivity contribution in [2.24, 2.45) is 11.3 Å². The van der Waals surface area contributed by atoms with E-state index < -0.39 is 17.7 Å². The molecule has 6 nitrogen and oxygen atoms in total. The van der Waals surface area contributed by atoms with Crippen LogP contribution in [0.1, 0.15) is 112 Å². The number of carbonyl (C=O) groups excluding carboxylic acids is 1. The molecule has 2 aliphatic carbocycles. The number of amides is 1. The van der Waals surface area contributed by atoms with Gasteiger partial charge in [0, 0.05) is 30.2 Å². The second kappa shape index (κ2) is 10.1. The minimum Gasteiger partial charge on any atom is -0.481 e. The summed E-state index contributed by atoms with van der Waals surface area (Å²) in [6.45, 7) is 8.58. The summed E-state index contributed by atoms with van der Waals surface area (Å²) in [5.41, 5.74) is 3.02. The number of hydrogen-bond donors (Lipinski definition) is 2. The maximum Gasteiger partial charge on any atom is 0.303 e. The first-order valence-electron chi connectivity index (χ1n) is 12.8. The summed E-state index contributed by atoms with van der Waals surface area (Å²) in [6.07, 6.45) is 5.71. The number of carboxylic acids is 1. The summed E-state index contributed by atoms with van der Waals surface area (Å²) in [6, 6.07) is 4.66. The molecule has 2 saturated carbocycles. The molecule has 1 amide bonds. The van der Waals surface area contributed by atoms with Crippen LogP contribution in [0.2, 0.25) is 0 Å². The van der Waals surface area contributed by atoms with Crippen molar-refractivity contribution in [2.45, 2.75) is 96.8 Å². The van der Waals surface area contributed by atoms with E-state index in [9.17, 15) is 19.1 Å². The Morgan fingerprint density at radius 3 is 2.54 bits per heavy atom. The van der Waals surface area contributed by atoms with E-state index >= 15 is 0 Å². The molecule has 2 aromatic rings. The Morgan fingerprint density at radius 1 is 1.23 bits per heavy atom. The van der Waals surface area contributed by atoms with Gasteiger partial charge in [-0.25, -0.2) is 4.39 Å². The standard InChI is InChI=1S/C28H37FN2O4/c1-16-5-9-22(21(29)11-16)30-23(32)14-19(8-10-24(33)34)26-25(18-6-7-18)27(35-31-26)20-12-17(13-20)15-28(2,3)4/h5,9,11,17-20H,6-8,10,12-15H2,1-4H3,(H,30,32)(H,33,34). The van der Waals surface area contributed by atoms with Gasteiger partial charge >= 0.3 is 5.97 Å². The van der Waals surface area contributed by atoms with Gasteiger partial charge in [-0.1, -0.05) is 32.0 Å². The lowest BCUT2D eigenvalue weighted by Gasteiger charge is -2.38. The van der Waals surface area contributed by atoms with E-state index in [1.807, 2.05) is 0 Å². The average molecular weight is 485 g/mol. The Hall–Kier alpha value is -2.70. The second-order valence-electron chi connectivity index (χ2n) is 11.8. The summed E-state index contributed by atoms with van der Waals surface area (Å²) < 4.78 is 20.2. The van der Waals surface area contributed by atoms with Crippen molar-refractivity contribution in [3.8, 4) is 0 Å². The third-order valence-electron chi connectivity index (χ3n) is 7.20. The summed E-state index contributed by atoms with van der Waals surface area (Å²) in [7, 11) is 0. The third-order valence-corrected chi connectivity index (χ3v) is 7.20. The number of nitrogens with zero attached hydrogens (tertiary/aromatic N) is 1. The molecule has 35 heavy (non-hydrogen) atoms. The number of aliphatic carboxylic acids is 1. The first kappa shape index (κ1) is 25.4. The minimum absolute atomic E-state index is 0.0314. The van der Waals surface area contributed by atoms with Crippen LogP contribution in [0.4, 0.5) is 10.1 Å². The smallest absolute Gasteiger partial charge is 0.303 e. The van der Waals surface area contributed by atoms with Crippen LogP contribution in [-0.4, -0.2) is 22.1 Å². The number of rotatable bonds is 10. The molecule has 4 rings (SSSR count). The number of anilines is 1. The Bertz CT molecular complexity index is 1080. The van der Waals surface area contributed by atoms with E-state index in [0.717, 1.165) is 48.3 Å². The zero-order chi connectivity index (χ0) is 25.3. The Morgan fingerprint density at radius 2 is 1.94 bits per heavy atom. The highest BCUT2D eigenvalue weighted by atomic mass is 19.1. The van der Waals surface area contributed by atoms with Crippen molar-refractivity contribution in [2.75, 3.05) is 5.32 Å². The quantitative estimate of drug-likeness (QED) is 0.382. The number of hydrogen-bond acceptors (Lipinski definition) is 4. The van der Waals surface area contributed by atoms with Gasteiger partial charge in [0.05, 0.1) is 11.4 Å². The van der Waals surface area contributed by atoms with Crippen LogP contribution in [0, 0.1) is 24.1 Å². The highest BCUT2D eigenvalue weighted by molar-refractivity contribution is 5.91. The van der Waals surface area contributed by atoms with Crippen LogP contribution in [0.5, 0.6) is 0 Å². The molecule has 1 unspecified atom stereocenters. The summed E-state index contributed by atoms with van der Waals surface area (Å²) >= 11 is 0. The van der Waals surface area contributed by atoms with Crippen LogP contribution in [0.3, 0.4) is 0 Å². The van der Waals surface area contributed by atoms with Gasteiger partial charge in [-0.05, 0) is 80.4 Å². The molecule has 0 aliphatic heterocycles. The molecule has 0 bridgehead atoms. The molecule has 1 atom stereocenters. The fourth-order valence-electron chi connectivity index (χ4n) is 5.46. The molecule has 0 saturated heterocycles. The van der Waals surface area contributed by atoms with Gasteiger partial charge in [-0.2, -0.15) is 0 Å². The molecule has 2 N–H and O–H groups in total. The van der Waals surface area contributed by atoms with E-state index in [1.165, 1.54) is 12.5 Å². The van der Waals surface area contributed by atoms with E-state index in [4.69, 9.17) is 4.52 Å². The van der Waals surface area contributed by atoms with Gasteiger partial charge in [0.15, 0.2) is 0 Å². The van der Waals surface area contributed by atoms with Gasteiger partial charge < -0.3 is 14.9 Å². The number of nitrogens with one attached hydrogen (secondary N) is 1. The molecular weight excluding hydrogens is 447 g/mol. The predicted octanol–water partition coefficient (Wildman–Crippen LogP) is 6.91. The maximum absolute atomic E-state index is 14.3. The van der Waals surface area contributed by atoms with E-state index in [1.54, 1.807) is 19.1 Å². The van der Waals surface area contributed by atoms with Gasteiger partial charge in [-0.15, -0.1) is 0 Å². The summed E-state index contributed by atoms with van der Waals surface area (Å²) in [4.78, 5) is 24.2. The highest BCUT2D eigenvalue weighted by Gasteiger charge is 2.42. The van der Waals surface area contributed by atoms with Crippen molar-refractivity contribution >= 4 is 17.6 Å². The number of benzene rings is 1. The fraction of sp³-hybridized carbons (Fsp3) is 0.607. The zero-order valence-corrected chi connectivity index (χ0v) is 21.2. The van der Waals surface area contributed by atoms with Crippen molar-refractivity contribution in [1.29, 1.82) is 0 Å². The number of carboxylic acid groups (broad SMARTS) is 1. The summed E-state index contributed by atoms with van der Waals surface area (Å²) in [5, 5.41) is 16.4. The van der Waals surface area contributed by atoms with Crippen LogP contribution in [-0.2, 0) is 9.59 Å². The first-order chi connectivity index (χ1) is 16.5. The average Bonchev–Trinajstić information content (AvgIpc) is 3.47. The van der Waals surface area contributed by atoms with Gasteiger partial charge in [-0.3, -0.25) is 9.59 Å². The molecule has 190 valence electrons. The maximum atomic E-state index is 14.3. The number of carbonyl (C=O) groups is 2. The molecule has 1 heterocycles. The number of aromatic nitrogens is 1. The van der Waals surface area contributed by atoms with E-state index in [2.05, 4.69) is 31.2 Å². The zero-order valence-electron chi connectivity index (χ0n) is 21.2. The lowest BCUT2D eigenvalue weighted by atomic mass is 9.66. The molecule has 1 aromatic carbocycles.